The summed E-state index contributed by atoms with van der Waals surface area (Å²) >= 11 is 0. The molecule has 0 aliphatic carbocycles. The van der Waals surface area contributed by atoms with Crippen molar-refractivity contribution < 1.29 is 9.84 Å². The quantitative estimate of drug-likeness (QED) is 0.750. The number of hydrogen-bond acceptors (Lipinski definition) is 6. The second kappa shape index (κ2) is 7.31. The Hall–Kier alpha value is -2.64. The number of anilines is 1. The number of aromatic nitrogens is 3. The average molecular weight is 353 g/mol. The summed E-state index contributed by atoms with van der Waals surface area (Å²) in [5, 5.41) is 9.10. The summed E-state index contributed by atoms with van der Waals surface area (Å²) in [7, 11) is 1.67. The summed E-state index contributed by atoms with van der Waals surface area (Å²) in [4.78, 5) is 13.8. The number of fused-ring (bicyclic) bond motifs is 1. The van der Waals surface area contributed by atoms with Crippen LogP contribution < -0.4 is 9.64 Å². The van der Waals surface area contributed by atoms with Gasteiger partial charge in [-0.15, -0.1) is 0 Å². The summed E-state index contributed by atoms with van der Waals surface area (Å²) in [6.07, 6.45) is 5.68. The highest BCUT2D eigenvalue weighted by atomic mass is 16.5. The van der Waals surface area contributed by atoms with Gasteiger partial charge in [0.1, 0.15) is 5.75 Å². The van der Waals surface area contributed by atoms with Crippen molar-refractivity contribution in [1.82, 2.24) is 19.3 Å². The Morgan fingerprint density at radius 3 is 2.77 bits per heavy atom. The van der Waals surface area contributed by atoms with Crippen molar-refractivity contribution in [2.75, 3.05) is 51.3 Å². The second-order valence-electron chi connectivity index (χ2n) is 6.37. The third-order valence-electron chi connectivity index (χ3n) is 4.86. The number of β-amino-alcohol motifs (C(OH)–C–C–N with tert-alkyl or cyclic N) is 1. The molecular weight excluding hydrogens is 330 g/mol. The van der Waals surface area contributed by atoms with Crippen LogP contribution in [0.25, 0.3) is 16.9 Å². The molecule has 1 aliphatic rings. The molecule has 1 fully saturated rings. The Balaban J connectivity index is 1.66. The first kappa shape index (κ1) is 16.8. The fourth-order valence-electron chi connectivity index (χ4n) is 3.45. The third kappa shape index (κ3) is 3.11. The van der Waals surface area contributed by atoms with E-state index in [2.05, 4.69) is 19.2 Å². The Morgan fingerprint density at radius 2 is 2.00 bits per heavy atom. The standard InChI is InChI=1S/C19H23N5O2/c1-26-16-4-2-3-15(13-16)17-14-21-18(19-20-5-6-24(17)19)23-9-7-22(8-10-23)11-12-25/h2-6,13-14,25H,7-12H2,1H3. The SMILES string of the molecule is COc1cccc(-c2cnc(N3CCN(CCO)CC3)c3nccn23)c1. The number of ether oxygens (including phenoxy) is 1. The highest BCUT2D eigenvalue weighted by molar-refractivity contribution is 5.71. The van der Waals surface area contributed by atoms with Gasteiger partial charge in [-0.1, -0.05) is 12.1 Å². The van der Waals surface area contributed by atoms with Crippen LogP contribution in [0.1, 0.15) is 0 Å². The normalized spacial score (nSPS) is 15.5. The number of aliphatic hydroxyl groups excluding tert-OH is 1. The van der Waals surface area contributed by atoms with Gasteiger partial charge in [-0.3, -0.25) is 9.30 Å². The zero-order valence-corrected chi connectivity index (χ0v) is 14.9. The maximum absolute atomic E-state index is 9.10. The van der Waals surface area contributed by atoms with E-state index in [-0.39, 0.29) is 6.61 Å². The van der Waals surface area contributed by atoms with Gasteiger partial charge >= 0.3 is 0 Å². The van der Waals surface area contributed by atoms with Crippen LogP contribution >= 0.6 is 0 Å². The topological polar surface area (TPSA) is 66.1 Å². The van der Waals surface area contributed by atoms with Crippen molar-refractivity contribution in [3.8, 4) is 17.0 Å². The molecule has 7 nitrogen and oxygen atoms in total. The fourth-order valence-corrected chi connectivity index (χ4v) is 3.45. The van der Waals surface area contributed by atoms with Gasteiger partial charge in [0, 0.05) is 50.7 Å². The molecule has 0 radical (unpaired) electrons. The molecule has 2 aromatic heterocycles. The molecule has 0 amide bonds. The van der Waals surface area contributed by atoms with Gasteiger partial charge in [0.2, 0.25) is 0 Å². The molecule has 3 heterocycles. The molecule has 1 aliphatic heterocycles. The molecule has 3 aromatic rings. The number of hydrogen-bond donors (Lipinski definition) is 1. The summed E-state index contributed by atoms with van der Waals surface area (Å²) < 4.78 is 7.42. The molecule has 0 bridgehead atoms. The number of methoxy groups -OCH3 is 1. The Morgan fingerprint density at radius 1 is 1.15 bits per heavy atom. The van der Waals surface area contributed by atoms with E-state index in [1.165, 1.54) is 0 Å². The van der Waals surface area contributed by atoms with E-state index in [9.17, 15) is 0 Å². The van der Waals surface area contributed by atoms with Crippen molar-refractivity contribution in [2.24, 2.45) is 0 Å². The van der Waals surface area contributed by atoms with Gasteiger partial charge in [0.15, 0.2) is 11.5 Å². The number of imidazole rings is 1. The molecule has 1 saturated heterocycles. The van der Waals surface area contributed by atoms with Crippen LogP contribution in [0, 0.1) is 0 Å². The monoisotopic (exact) mass is 353 g/mol. The summed E-state index contributed by atoms with van der Waals surface area (Å²) in [6, 6.07) is 7.96. The molecule has 4 rings (SSSR count). The summed E-state index contributed by atoms with van der Waals surface area (Å²) in [6.45, 7) is 4.55. The van der Waals surface area contributed by atoms with Gasteiger partial charge in [-0.25, -0.2) is 9.97 Å². The van der Waals surface area contributed by atoms with Gasteiger partial charge < -0.3 is 14.7 Å². The van der Waals surface area contributed by atoms with Crippen molar-refractivity contribution in [3.05, 3.63) is 42.9 Å². The largest absolute Gasteiger partial charge is 0.497 e. The van der Waals surface area contributed by atoms with Gasteiger partial charge in [0.05, 0.1) is 25.6 Å². The molecule has 0 spiro atoms. The van der Waals surface area contributed by atoms with Crippen LogP contribution in [-0.4, -0.2) is 70.8 Å². The zero-order chi connectivity index (χ0) is 17.9. The van der Waals surface area contributed by atoms with Gasteiger partial charge in [0.25, 0.3) is 0 Å². The van der Waals surface area contributed by atoms with Crippen LogP contribution in [0.3, 0.4) is 0 Å². The maximum atomic E-state index is 9.10. The van der Waals surface area contributed by atoms with E-state index in [0.29, 0.717) is 0 Å². The van der Waals surface area contributed by atoms with E-state index in [0.717, 1.165) is 61.2 Å². The summed E-state index contributed by atoms with van der Waals surface area (Å²) in [5.74, 6) is 1.73. The van der Waals surface area contributed by atoms with Gasteiger partial charge in [-0.05, 0) is 12.1 Å². The first-order chi connectivity index (χ1) is 12.8. The lowest BCUT2D eigenvalue weighted by molar-refractivity contribution is 0.188. The fraction of sp³-hybridized carbons (Fsp3) is 0.368. The molecule has 1 aromatic carbocycles. The minimum absolute atomic E-state index is 0.206. The minimum Gasteiger partial charge on any atom is -0.497 e. The van der Waals surface area contributed by atoms with Crippen molar-refractivity contribution in [2.45, 2.75) is 0 Å². The molecular formula is C19H23N5O2. The van der Waals surface area contributed by atoms with Crippen molar-refractivity contribution in [1.29, 1.82) is 0 Å². The Bertz CT molecular complexity index is 887. The average Bonchev–Trinajstić information content (AvgIpc) is 3.18. The van der Waals surface area contributed by atoms with Crippen LogP contribution in [0.5, 0.6) is 5.75 Å². The van der Waals surface area contributed by atoms with Crippen LogP contribution in [0.15, 0.2) is 42.9 Å². The van der Waals surface area contributed by atoms with E-state index in [1.54, 1.807) is 7.11 Å². The van der Waals surface area contributed by atoms with Gasteiger partial charge in [-0.2, -0.15) is 0 Å². The first-order valence-electron chi connectivity index (χ1n) is 8.85. The minimum atomic E-state index is 0.206. The van der Waals surface area contributed by atoms with E-state index >= 15 is 0 Å². The second-order valence-corrected chi connectivity index (χ2v) is 6.37. The number of nitrogens with zero attached hydrogens (tertiary/aromatic N) is 5. The molecule has 26 heavy (non-hydrogen) atoms. The van der Waals surface area contributed by atoms with E-state index in [4.69, 9.17) is 14.8 Å². The Labute approximate surface area is 152 Å². The highest BCUT2D eigenvalue weighted by Crippen LogP contribution is 2.27. The Kier molecular flexibility index (Phi) is 4.73. The molecule has 0 saturated carbocycles. The first-order valence-corrected chi connectivity index (χ1v) is 8.85. The van der Waals surface area contributed by atoms with E-state index in [1.807, 2.05) is 42.9 Å². The lowest BCUT2D eigenvalue weighted by Gasteiger charge is -2.35. The zero-order valence-electron chi connectivity index (χ0n) is 14.9. The highest BCUT2D eigenvalue weighted by Gasteiger charge is 2.21. The third-order valence-corrected chi connectivity index (χ3v) is 4.86. The van der Waals surface area contributed by atoms with E-state index < -0.39 is 0 Å². The molecule has 0 unspecified atom stereocenters. The van der Waals surface area contributed by atoms with Crippen LogP contribution in [0.4, 0.5) is 5.82 Å². The predicted molar refractivity (Wildman–Crippen MR) is 101 cm³/mol. The number of piperazine rings is 1. The lowest BCUT2D eigenvalue weighted by atomic mass is 10.1. The molecule has 0 atom stereocenters. The number of rotatable bonds is 5. The molecule has 7 heteroatoms. The number of aliphatic hydroxyl groups is 1. The number of benzene rings is 1. The summed E-state index contributed by atoms with van der Waals surface area (Å²) in [5.41, 5.74) is 2.89. The predicted octanol–water partition coefficient (Wildman–Crippen LogP) is 1.52. The maximum Gasteiger partial charge on any atom is 0.180 e. The van der Waals surface area contributed by atoms with Crippen LogP contribution in [-0.2, 0) is 0 Å². The molecule has 1 N–H and O–H groups in total. The van der Waals surface area contributed by atoms with Crippen molar-refractivity contribution in [3.63, 3.8) is 0 Å². The van der Waals surface area contributed by atoms with Crippen LogP contribution in [0.2, 0.25) is 0 Å². The molecule has 136 valence electrons. The van der Waals surface area contributed by atoms with Crippen molar-refractivity contribution >= 4 is 11.5 Å². The smallest absolute Gasteiger partial charge is 0.180 e. The lowest BCUT2D eigenvalue weighted by Crippen LogP contribution is -2.47.